The van der Waals surface area contributed by atoms with Crippen LogP contribution >= 0.6 is 0 Å². The Kier molecular flexibility index (Phi) is 10.8. The molecule has 0 amide bonds. The maximum atomic E-state index is 11.9. The zero-order chi connectivity index (χ0) is 32.3. The Morgan fingerprint density at radius 2 is 1.23 bits per heavy atom. The Morgan fingerprint density at radius 3 is 1.77 bits per heavy atom. The van der Waals surface area contributed by atoms with Gasteiger partial charge in [-0.25, -0.2) is 8.42 Å². The molecular weight excluding hydrogens is 619 g/mol. The van der Waals surface area contributed by atoms with Crippen molar-refractivity contribution in [1.29, 1.82) is 0 Å². The third-order valence-electron chi connectivity index (χ3n) is 8.31. The Morgan fingerprint density at radius 1 is 0.723 bits per heavy atom. The van der Waals surface area contributed by atoms with Gasteiger partial charge in [0.15, 0.2) is 0 Å². The summed E-state index contributed by atoms with van der Waals surface area (Å²) in [5, 5.41) is 1.08. The molecule has 0 spiro atoms. The van der Waals surface area contributed by atoms with Crippen LogP contribution in [0.5, 0.6) is 11.5 Å². The minimum absolute atomic E-state index is 0. The van der Waals surface area contributed by atoms with Crippen LogP contribution in [0.1, 0.15) is 13.3 Å². The van der Waals surface area contributed by atoms with Gasteiger partial charge in [0.2, 0.25) is 0 Å². The predicted molar refractivity (Wildman–Crippen MR) is 186 cm³/mol. The van der Waals surface area contributed by atoms with Crippen molar-refractivity contribution < 1.29 is 52.0 Å². The maximum Gasteiger partial charge on any atom is 1.00 e. The number of methoxy groups -OCH3 is 2. The minimum atomic E-state index is -4.46. The van der Waals surface area contributed by atoms with Crippen molar-refractivity contribution in [2.45, 2.75) is 25.1 Å². The summed E-state index contributed by atoms with van der Waals surface area (Å²) < 4.78 is 48.7. The van der Waals surface area contributed by atoms with E-state index in [1.54, 1.807) is 27.2 Å². The molecule has 1 unspecified atom stereocenters. The molecule has 0 aliphatic rings. The number of hydrogen-bond acceptors (Lipinski definition) is 6. The second-order valence-corrected chi connectivity index (χ2v) is 12.6. The molecule has 0 bridgehead atoms. The maximum absolute atomic E-state index is 11.9. The summed E-state index contributed by atoms with van der Waals surface area (Å²) in [6.45, 7) is 2.12. The molecule has 0 aliphatic carbocycles. The average Bonchev–Trinajstić information content (AvgIpc) is 3.40. The first-order valence-corrected chi connectivity index (χ1v) is 16.5. The first-order chi connectivity index (χ1) is 22.3. The minimum Gasteiger partial charge on any atom is -0.747 e. The number of fused-ring (bicyclic) bond motifs is 3. The van der Waals surface area contributed by atoms with Gasteiger partial charge in [0.25, 0.3) is 0 Å². The van der Waals surface area contributed by atoms with E-state index in [0.717, 1.165) is 61.5 Å². The molecule has 0 radical (unpaired) electrons. The van der Waals surface area contributed by atoms with Gasteiger partial charge in [0.1, 0.15) is 21.6 Å². The Labute approximate surface area is 298 Å². The first kappa shape index (κ1) is 34.3. The van der Waals surface area contributed by atoms with E-state index in [9.17, 15) is 13.0 Å². The van der Waals surface area contributed by atoms with Crippen molar-refractivity contribution in [3.8, 4) is 22.6 Å². The molecule has 5 aromatic carbocycles. The van der Waals surface area contributed by atoms with Gasteiger partial charge in [-0.2, -0.15) is 0 Å². The molecule has 6 rings (SSSR count). The normalized spacial score (nSPS) is 12.3. The van der Waals surface area contributed by atoms with E-state index in [2.05, 4.69) is 58.0 Å². The molecule has 1 aromatic heterocycles. The van der Waals surface area contributed by atoms with Crippen LogP contribution in [-0.2, 0) is 16.7 Å². The molecule has 9 heteroatoms. The monoisotopic (exact) mass is 654 g/mol. The molecule has 1 atom stereocenters. The fourth-order valence-electron chi connectivity index (χ4n) is 5.99. The van der Waals surface area contributed by atoms with Gasteiger partial charge in [-0.1, -0.05) is 54.6 Å². The van der Waals surface area contributed by atoms with E-state index in [1.165, 1.54) is 6.08 Å². The smallest absolute Gasteiger partial charge is 0.747 e. The largest absolute Gasteiger partial charge is 1.00 e. The molecule has 47 heavy (non-hydrogen) atoms. The molecular formula is C38H35N2NaO5S. The van der Waals surface area contributed by atoms with E-state index < -0.39 is 15.4 Å². The molecule has 1 heterocycles. The van der Waals surface area contributed by atoms with Gasteiger partial charge in [-0.05, 0) is 97.3 Å². The average molecular weight is 655 g/mol. The molecule has 0 fully saturated rings. The second kappa shape index (κ2) is 14.8. The second-order valence-electron chi connectivity index (χ2n) is 11.0. The van der Waals surface area contributed by atoms with Crippen LogP contribution in [0.4, 0.5) is 17.1 Å². The van der Waals surface area contributed by atoms with E-state index in [1.807, 2.05) is 66.7 Å². The van der Waals surface area contributed by atoms with Crippen LogP contribution in [0, 0.1) is 0 Å². The quantitative estimate of drug-likeness (QED) is 0.0994. The number of benzene rings is 5. The number of aryl methyl sites for hydroxylation is 1. The summed E-state index contributed by atoms with van der Waals surface area (Å²) in [5.41, 5.74) is 7.03. The summed E-state index contributed by atoms with van der Waals surface area (Å²) in [7, 11) is -1.15. The molecule has 0 saturated heterocycles. The van der Waals surface area contributed by atoms with Crippen LogP contribution in [0.2, 0.25) is 0 Å². The number of hydrogen-bond donors (Lipinski definition) is 0. The van der Waals surface area contributed by atoms with Gasteiger partial charge < -0.3 is 23.5 Å². The van der Waals surface area contributed by atoms with Crippen molar-refractivity contribution in [3.63, 3.8) is 0 Å². The van der Waals surface area contributed by atoms with Crippen LogP contribution in [0.3, 0.4) is 0 Å². The summed E-state index contributed by atoms with van der Waals surface area (Å²) in [6, 6.07) is 38.8. The number of aromatic nitrogens is 1. The van der Waals surface area contributed by atoms with Gasteiger partial charge in [0.05, 0.1) is 19.5 Å². The Hall–Kier alpha value is -4.05. The van der Waals surface area contributed by atoms with Gasteiger partial charge in [0, 0.05) is 45.4 Å². The van der Waals surface area contributed by atoms with E-state index in [0.29, 0.717) is 6.54 Å². The predicted octanol–water partition coefficient (Wildman–Crippen LogP) is 5.83. The zero-order valence-corrected chi connectivity index (χ0v) is 29.8. The third kappa shape index (κ3) is 7.27. The number of ether oxygens (including phenoxy) is 2. The SMILES string of the molecule is C/C=C/C(CCn1c2ccccc2c2ccc(-c3ccc(N(c4ccc(OC)cc4)c4ccc(OC)cc4)cc3)cc21)S(=O)(=O)[O-].[Na+]. The Bertz CT molecular complexity index is 2060. The van der Waals surface area contributed by atoms with Crippen LogP contribution in [-0.4, -0.2) is 37.0 Å². The zero-order valence-electron chi connectivity index (χ0n) is 27.0. The number of allylic oxidation sites excluding steroid dienone is 1. The van der Waals surface area contributed by atoms with Crippen LogP contribution in [0.25, 0.3) is 32.9 Å². The molecule has 7 nitrogen and oxygen atoms in total. The standard InChI is InChI=1S/C38H36N2O5S.Na/c1-4-7-34(46(41,42)43)24-25-39-37-9-6-5-8-35(37)36-23-12-28(26-38(36)39)27-10-13-29(14-11-27)40(30-15-19-32(44-2)20-16-30)31-17-21-33(45-3)22-18-31;/h4-23,26,34H,24-25H2,1-3H3,(H,41,42,43);/q;+1/p-1/b7-4+;. The van der Waals surface area contributed by atoms with Crippen molar-refractivity contribution in [3.05, 3.63) is 127 Å². The van der Waals surface area contributed by atoms with E-state index in [4.69, 9.17) is 9.47 Å². The number of nitrogens with zero attached hydrogens (tertiary/aromatic N) is 2. The number of rotatable bonds is 11. The topological polar surface area (TPSA) is 83.8 Å². The first-order valence-electron chi connectivity index (χ1n) is 15.1. The molecule has 234 valence electrons. The van der Waals surface area contributed by atoms with Crippen molar-refractivity contribution in [1.82, 2.24) is 4.57 Å². The van der Waals surface area contributed by atoms with Crippen molar-refractivity contribution in [2.75, 3.05) is 19.1 Å². The van der Waals surface area contributed by atoms with Crippen molar-refractivity contribution in [2.24, 2.45) is 0 Å². The number of anilines is 3. The molecule has 6 aromatic rings. The number of para-hydroxylation sites is 1. The van der Waals surface area contributed by atoms with Gasteiger partial charge >= 0.3 is 29.6 Å². The fraction of sp³-hybridized carbons (Fsp3) is 0.158. The molecule has 0 saturated carbocycles. The van der Waals surface area contributed by atoms with E-state index in [-0.39, 0.29) is 36.0 Å². The summed E-state index contributed by atoms with van der Waals surface area (Å²) in [6.07, 6.45) is 3.29. The fourth-order valence-corrected chi connectivity index (χ4v) is 6.73. The van der Waals surface area contributed by atoms with Crippen molar-refractivity contribution >= 4 is 49.0 Å². The van der Waals surface area contributed by atoms with E-state index >= 15 is 0 Å². The van der Waals surface area contributed by atoms with Crippen LogP contribution in [0.15, 0.2) is 127 Å². The Balaban J connectivity index is 0.00000433. The van der Waals surface area contributed by atoms with Gasteiger partial charge in [-0.3, -0.25) is 0 Å². The summed E-state index contributed by atoms with van der Waals surface area (Å²) in [4.78, 5) is 2.18. The van der Waals surface area contributed by atoms with Crippen LogP contribution < -0.4 is 43.9 Å². The third-order valence-corrected chi connectivity index (χ3v) is 9.44. The van der Waals surface area contributed by atoms with Gasteiger partial charge in [-0.15, -0.1) is 0 Å². The summed E-state index contributed by atoms with van der Waals surface area (Å²) >= 11 is 0. The molecule has 0 aliphatic heterocycles. The molecule has 0 N–H and O–H groups in total. The summed E-state index contributed by atoms with van der Waals surface area (Å²) in [5.74, 6) is 1.57.